The number of esters is 1. The van der Waals surface area contributed by atoms with Gasteiger partial charge in [-0.3, -0.25) is 4.79 Å². The summed E-state index contributed by atoms with van der Waals surface area (Å²) in [7, 11) is 1.43. The first-order valence-electron chi connectivity index (χ1n) is 5.51. The Morgan fingerprint density at radius 2 is 2.21 bits per heavy atom. The van der Waals surface area contributed by atoms with Crippen LogP contribution >= 0.6 is 0 Å². The highest BCUT2D eigenvalue weighted by Crippen LogP contribution is 2.34. The molecule has 1 rings (SSSR count). The molecule has 0 aromatic heterocycles. The summed E-state index contributed by atoms with van der Waals surface area (Å²) in [6.45, 7) is 4.02. The SMILES string of the molecule is CCC(CC1CC1)NC(C)C(=O)OC. The van der Waals surface area contributed by atoms with Crippen molar-refractivity contribution in [1.29, 1.82) is 0 Å². The van der Waals surface area contributed by atoms with Gasteiger partial charge in [-0.1, -0.05) is 19.8 Å². The highest BCUT2D eigenvalue weighted by molar-refractivity contribution is 5.75. The molecule has 3 nitrogen and oxygen atoms in total. The third-order valence-electron chi connectivity index (χ3n) is 2.85. The van der Waals surface area contributed by atoms with E-state index in [1.54, 1.807) is 0 Å². The van der Waals surface area contributed by atoms with Crippen molar-refractivity contribution in [3.63, 3.8) is 0 Å². The zero-order valence-electron chi connectivity index (χ0n) is 9.38. The molecule has 0 radical (unpaired) electrons. The van der Waals surface area contributed by atoms with Gasteiger partial charge in [0.25, 0.3) is 0 Å². The van der Waals surface area contributed by atoms with Gasteiger partial charge in [0, 0.05) is 6.04 Å². The fourth-order valence-corrected chi connectivity index (χ4v) is 1.71. The average Bonchev–Trinajstić information content (AvgIpc) is 2.99. The Hall–Kier alpha value is -0.570. The number of hydrogen-bond donors (Lipinski definition) is 1. The minimum Gasteiger partial charge on any atom is -0.468 e. The van der Waals surface area contributed by atoms with Crippen LogP contribution in [0.2, 0.25) is 0 Å². The number of rotatable bonds is 6. The van der Waals surface area contributed by atoms with E-state index in [-0.39, 0.29) is 12.0 Å². The number of methoxy groups -OCH3 is 1. The molecule has 2 atom stereocenters. The molecule has 82 valence electrons. The standard InChI is InChI=1S/C11H21NO2/c1-4-10(7-9-5-6-9)12-8(2)11(13)14-3/h8-10,12H,4-7H2,1-3H3. The second-order valence-corrected chi connectivity index (χ2v) is 4.20. The van der Waals surface area contributed by atoms with Gasteiger partial charge in [0.15, 0.2) is 0 Å². The summed E-state index contributed by atoms with van der Waals surface area (Å²) < 4.78 is 4.68. The Balaban J connectivity index is 2.26. The van der Waals surface area contributed by atoms with Gasteiger partial charge in [-0.15, -0.1) is 0 Å². The molecule has 0 aromatic rings. The van der Waals surface area contributed by atoms with Crippen LogP contribution in [0.3, 0.4) is 0 Å². The van der Waals surface area contributed by atoms with E-state index in [0.717, 1.165) is 12.3 Å². The summed E-state index contributed by atoms with van der Waals surface area (Å²) >= 11 is 0. The van der Waals surface area contributed by atoms with Gasteiger partial charge in [-0.05, 0) is 25.7 Å². The van der Waals surface area contributed by atoms with Gasteiger partial charge in [-0.2, -0.15) is 0 Å². The van der Waals surface area contributed by atoms with E-state index in [4.69, 9.17) is 0 Å². The molecule has 14 heavy (non-hydrogen) atoms. The van der Waals surface area contributed by atoms with Crippen LogP contribution in [0.1, 0.15) is 39.5 Å². The molecule has 1 N–H and O–H groups in total. The number of carbonyl (C=O) groups excluding carboxylic acids is 1. The molecular weight excluding hydrogens is 178 g/mol. The minimum absolute atomic E-state index is 0.167. The Labute approximate surface area is 86.2 Å². The first-order chi connectivity index (χ1) is 6.67. The molecule has 0 saturated heterocycles. The van der Waals surface area contributed by atoms with Crippen LogP contribution in [0.5, 0.6) is 0 Å². The lowest BCUT2D eigenvalue weighted by molar-refractivity contribution is -0.142. The van der Waals surface area contributed by atoms with E-state index >= 15 is 0 Å². The number of nitrogens with one attached hydrogen (secondary N) is 1. The van der Waals surface area contributed by atoms with Gasteiger partial charge in [-0.25, -0.2) is 0 Å². The normalized spacial score (nSPS) is 20.2. The van der Waals surface area contributed by atoms with Crippen LogP contribution in [-0.2, 0) is 9.53 Å². The lowest BCUT2D eigenvalue weighted by atomic mass is 10.1. The summed E-state index contributed by atoms with van der Waals surface area (Å²) in [5.41, 5.74) is 0. The van der Waals surface area contributed by atoms with Crippen molar-refractivity contribution < 1.29 is 9.53 Å². The molecule has 2 unspecified atom stereocenters. The van der Waals surface area contributed by atoms with Crippen molar-refractivity contribution in [2.45, 2.75) is 51.6 Å². The molecule has 0 spiro atoms. The molecule has 1 saturated carbocycles. The van der Waals surface area contributed by atoms with E-state index in [0.29, 0.717) is 6.04 Å². The van der Waals surface area contributed by atoms with Gasteiger partial charge in [0.1, 0.15) is 6.04 Å². The average molecular weight is 199 g/mol. The third kappa shape index (κ3) is 3.66. The Bertz CT molecular complexity index is 190. The molecule has 0 amide bonds. The summed E-state index contributed by atoms with van der Waals surface area (Å²) in [5, 5.41) is 3.31. The molecule has 1 aliphatic rings. The van der Waals surface area contributed by atoms with Crippen LogP contribution in [0, 0.1) is 5.92 Å². The van der Waals surface area contributed by atoms with Crippen LogP contribution in [0.15, 0.2) is 0 Å². The topological polar surface area (TPSA) is 38.3 Å². The van der Waals surface area contributed by atoms with E-state index < -0.39 is 0 Å². The van der Waals surface area contributed by atoms with Crippen molar-refractivity contribution in [3.05, 3.63) is 0 Å². The Morgan fingerprint density at radius 1 is 1.57 bits per heavy atom. The predicted molar refractivity (Wildman–Crippen MR) is 56.0 cm³/mol. The van der Waals surface area contributed by atoms with Gasteiger partial charge in [0.2, 0.25) is 0 Å². The fraction of sp³-hybridized carbons (Fsp3) is 0.909. The predicted octanol–water partition coefficient (Wildman–Crippen LogP) is 1.72. The van der Waals surface area contributed by atoms with Crippen LogP contribution in [0.25, 0.3) is 0 Å². The summed E-state index contributed by atoms with van der Waals surface area (Å²) in [5.74, 6) is 0.733. The Morgan fingerprint density at radius 3 is 2.64 bits per heavy atom. The lowest BCUT2D eigenvalue weighted by Gasteiger charge is -2.20. The number of hydrogen-bond acceptors (Lipinski definition) is 3. The highest BCUT2D eigenvalue weighted by Gasteiger charge is 2.26. The van der Waals surface area contributed by atoms with E-state index in [1.807, 2.05) is 6.92 Å². The zero-order chi connectivity index (χ0) is 10.6. The highest BCUT2D eigenvalue weighted by atomic mass is 16.5. The van der Waals surface area contributed by atoms with Crippen LogP contribution < -0.4 is 5.32 Å². The first kappa shape index (κ1) is 11.5. The zero-order valence-corrected chi connectivity index (χ0v) is 9.38. The second-order valence-electron chi connectivity index (χ2n) is 4.20. The maximum absolute atomic E-state index is 11.2. The number of ether oxygens (including phenoxy) is 1. The lowest BCUT2D eigenvalue weighted by Crippen LogP contribution is -2.41. The molecule has 3 heteroatoms. The minimum atomic E-state index is -0.177. The van der Waals surface area contributed by atoms with E-state index in [2.05, 4.69) is 17.0 Å². The third-order valence-corrected chi connectivity index (χ3v) is 2.85. The van der Waals surface area contributed by atoms with Crippen LogP contribution in [-0.4, -0.2) is 25.2 Å². The quantitative estimate of drug-likeness (QED) is 0.662. The second kappa shape index (κ2) is 5.35. The smallest absolute Gasteiger partial charge is 0.322 e. The molecule has 0 aliphatic heterocycles. The molecular formula is C11H21NO2. The van der Waals surface area contributed by atoms with Crippen molar-refractivity contribution >= 4 is 5.97 Å². The molecule has 0 bridgehead atoms. The van der Waals surface area contributed by atoms with Crippen molar-refractivity contribution in [2.24, 2.45) is 5.92 Å². The van der Waals surface area contributed by atoms with Crippen LogP contribution in [0.4, 0.5) is 0 Å². The summed E-state index contributed by atoms with van der Waals surface area (Å²) in [6, 6.07) is 0.292. The van der Waals surface area contributed by atoms with Crippen molar-refractivity contribution in [1.82, 2.24) is 5.32 Å². The number of carbonyl (C=O) groups is 1. The molecule has 1 aliphatic carbocycles. The summed E-state index contributed by atoms with van der Waals surface area (Å²) in [4.78, 5) is 11.2. The van der Waals surface area contributed by atoms with E-state index in [1.165, 1.54) is 26.4 Å². The molecule has 0 heterocycles. The molecule has 1 fully saturated rings. The van der Waals surface area contributed by atoms with Gasteiger partial charge in [0.05, 0.1) is 7.11 Å². The molecule has 0 aromatic carbocycles. The Kier molecular flexibility index (Phi) is 4.39. The monoisotopic (exact) mass is 199 g/mol. The largest absolute Gasteiger partial charge is 0.468 e. The van der Waals surface area contributed by atoms with Crippen molar-refractivity contribution in [2.75, 3.05) is 7.11 Å². The van der Waals surface area contributed by atoms with Gasteiger partial charge >= 0.3 is 5.97 Å². The maximum atomic E-state index is 11.2. The van der Waals surface area contributed by atoms with Crippen molar-refractivity contribution in [3.8, 4) is 0 Å². The van der Waals surface area contributed by atoms with Gasteiger partial charge < -0.3 is 10.1 Å². The first-order valence-corrected chi connectivity index (χ1v) is 5.51. The van der Waals surface area contributed by atoms with E-state index in [9.17, 15) is 4.79 Å². The summed E-state index contributed by atoms with van der Waals surface area (Å²) in [6.07, 6.45) is 5.02. The fourth-order valence-electron chi connectivity index (χ4n) is 1.71. The maximum Gasteiger partial charge on any atom is 0.322 e.